The van der Waals surface area contributed by atoms with E-state index in [0.717, 1.165) is 19.6 Å². The Morgan fingerprint density at radius 1 is 1.18 bits per heavy atom. The number of unbranched alkanes of at least 4 members (excludes halogenated alkanes) is 4. The SMILES string of the molecule is CCCCCCCC(NCCC)C1=CCCO1. The lowest BCUT2D eigenvalue weighted by Gasteiger charge is -2.19. The van der Waals surface area contributed by atoms with E-state index in [1.165, 1.54) is 50.7 Å². The molecule has 0 saturated heterocycles. The van der Waals surface area contributed by atoms with Crippen LogP contribution < -0.4 is 5.32 Å². The molecule has 1 unspecified atom stereocenters. The fourth-order valence-electron chi connectivity index (χ4n) is 2.30. The number of hydrogen-bond acceptors (Lipinski definition) is 2. The summed E-state index contributed by atoms with van der Waals surface area (Å²) in [7, 11) is 0. The van der Waals surface area contributed by atoms with Gasteiger partial charge in [0.2, 0.25) is 0 Å². The predicted molar refractivity (Wildman–Crippen MR) is 74.1 cm³/mol. The van der Waals surface area contributed by atoms with E-state index < -0.39 is 0 Å². The molecule has 2 heteroatoms. The molecule has 1 heterocycles. The number of hydrogen-bond donors (Lipinski definition) is 1. The Morgan fingerprint density at radius 2 is 2.00 bits per heavy atom. The Balaban J connectivity index is 2.20. The second kappa shape index (κ2) is 9.52. The smallest absolute Gasteiger partial charge is 0.109 e. The van der Waals surface area contributed by atoms with Crippen LogP contribution >= 0.6 is 0 Å². The van der Waals surface area contributed by atoms with Crippen molar-refractivity contribution in [1.82, 2.24) is 5.32 Å². The molecule has 0 aromatic rings. The third-order valence-electron chi connectivity index (χ3n) is 3.31. The number of rotatable bonds is 10. The third-order valence-corrected chi connectivity index (χ3v) is 3.31. The van der Waals surface area contributed by atoms with Gasteiger partial charge < -0.3 is 10.1 Å². The summed E-state index contributed by atoms with van der Waals surface area (Å²) in [5.74, 6) is 1.20. The summed E-state index contributed by atoms with van der Waals surface area (Å²) in [5.41, 5.74) is 0. The van der Waals surface area contributed by atoms with Crippen LogP contribution in [0, 0.1) is 0 Å². The second-order valence-corrected chi connectivity index (χ2v) is 4.95. The van der Waals surface area contributed by atoms with Crippen LogP contribution in [-0.4, -0.2) is 19.2 Å². The standard InChI is InChI=1S/C15H29NO/c1-3-5-6-7-8-10-14(16-12-4-2)15-11-9-13-17-15/h11,14,16H,3-10,12-13H2,1-2H3. The van der Waals surface area contributed by atoms with E-state index in [1.807, 2.05) is 0 Å². The van der Waals surface area contributed by atoms with Gasteiger partial charge in [0.1, 0.15) is 5.76 Å². The molecule has 0 amide bonds. The molecule has 100 valence electrons. The van der Waals surface area contributed by atoms with Crippen molar-refractivity contribution in [1.29, 1.82) is 0 Å². The molecule has 0 saturated carbocycles. The van der Waals surface area contributed by atoms with Crippen LogP contribution in [0.3, 0.4) is 0 Å². The summed E-state index contributed by atoms with van der Waals surface area (Å²) in [6.07, 6.45) is 12.6. The van der Waals surface area contributed by atoms with Gasteiger partial charge in [0, 0.05) is 6.42 Å². The van der Waals surface area contributed by atoms with Crippen molar-refractivity contribution < 1.29 is 4.74 Å². The van der Waals surface area contributed by atoms with Crippen LogP contribution in [0.5, 0.6) is 0 Å². The van der Waals surface area contributed by atoms with Gasteiger partial charge in [-0.1, -0.05) is 46.0 Å². The lowest BCUT2D eigenvalue weighted by molar-refractivity contribution is 0.210. The topological polar surface area (TPSA) is 21.3 Å². The largest absolute Gasteiger partial charge is 0.496 e. The van der Waals surface area contributed by atoms with Gasteiger partial charge in [-0.3, -0.25) is 0 Å². The third kappa shape index (κ3) is 6.11. The van der Waals surface area contributed by atoms with E-state index in [1.54, 1.807) is 0 Å². The van der Waals surface area contributed by atoms with Gasteiger partial charge in [0.05, 0.1) is 12.6 Å². The molecule has 1 atom stereocenters. The van der Waals surface area contributed by atoms with Crippen molar-refractivity contribution in [3.05, 3.63) is 11.8 Å². The summed E-state index contributed by atoms with van der Waals surface area (Å²) < 4.78 is 5.69. The highest BCUT2D eigenvalue weighted by atomic mass is 16.5. The minimum atomic E-state index is 0.471. The van der Waals surface area contributed by atoms with Crippen LogP contribution in [0.2, 0.25) is 0 Å². The summed E-state index contributed by atoms with van der Waals surface area (Å²) in [6.45, 7) is 6.47. The highest BCUT2D eigenvalue weighted by Crippen LogP contribution is 2.18. The van der Waals surface area contributed by atoms with Gasteiger partial charge in [0.25, 0.3) is 0 Å². The average Bonchev–Trinajstić information content (AvgIpc) is 2.86. The molecule has 1 N–H and O–H groups in total. The summed E-state index contributed by atoms with van der Waals surface area (Å²) >= 11 is 0. The molecule has 0 aromatic carbocycles. The number of nitrogens with one attached hydrogen (secondary N) is 1. The van der Waals surface area contributed by atoms with E-state index in [-0.39, 0.29) is 0 Å². The van der Waals surface area contributed by atoms with Crippen molar-refractivity contribution in [2.45, 2.75) is 71.3 Å². The van der Waals surface area contributed by atoms with E-state index in [4.69, 9.17) is 4.74 Å². The molecule has 0 fully saturated rings. The Labute approximate surface area is 107 Å². The van der Waals surface area contributed by atoms with Crippen molar-refractivity contribution in [3.8, 4) is 0 Å². The summed E-state index contributed by atoms with van der Waals surface area (Å²) in [5, 5.41) is 3.61. The van der Waals surface area contributed by atoms with Crippen LogP contribution in [0.25, 0.3) is 0 Å². The van der Waals surface area contributed by atoms with Gasteiger partial charge in [-0.25, -0.2) is 0 Å². The number of ether oxygens (including phenoxy) is 1. The first-order chi connectivity index (χ1) is 8.38. The quantitative estimate of drug-likeness (QED) is 0.581. The van der Waals surface area contributed by atoms with Gasteiger partial charge in [-0.05, 0) is 25.5 Å². The Morgan fingerprint density at radius 3 is 2.65 bits per heavy atom. The maximum Gasteiger partial charge on any atom is 0.109 e. The van der Waals surface area contributed by atoms with Crippen molar-refractivity contribution >= 4 is 0 Å². The molecule has 1 aliphatic heterocycles. The lowest BCUT2D eigenvalue weighted by atomic mass is 10.0. The molecule has 2 nitrogen and oxygen atoms in total. The van der Waals surface area contributed by atoms with Crippen molar-refractivity contribution in [2.24, 2.45) is 0 Å². The van der Waals surface area contributed by atoms with Gasteiger partial charge >= 0.3 is 0 Å². The Kier molecular flexibility index (Phi) is 8.16. The molecule has 0 aromatic heterocycles. The van der Waals surface area contributed by atoms with Crippen molar-refractivity contribution in [3.63, 3.8) is 0 Å². The molecule has 1 rings (SSSR count). The van der Waals surface area contributed by atoms with E-state index in [2.05, 4.69) is 25.2 Å². The zero-order valence-electron chi connectivity index (χ0n) is 11.6. The van der Waals surface area contributed by atoms with E-state index in [0.29, 0.717) is 6.04 Å². The monoisotopic (exact) mass is 239 g/mol. The maximum atomic E-state index is 5.69. The average molecular weight is 239 g/mol. The normalized spacial score (nSPS) is 16.7. The first-order valence-electron chi connectivity index (χ1n) is 7.44. The van der Waals surface area contributed by atoms with Gasteiger partial charge in [-0.15, -0.1) is 0 Å². The predicted octanol–water partition coefficient (Wildman–Crippen LogP) is 4.02. The van der Waals surface area contributed by atoms with E-state index in [9.17, 15) is 0 Å². The molecule has 0 aliphatic carbocycles. The zero-order chi connectivity index (χ0) is 12.3. The first kappa shape index (κ1) is 14.6. The van der Waals surface area contributed by atoms with Crippen LogP contribution in [-0.2, 0) is 4.74 Å². The molecule has 17 heavy (non-hydrogen) atoms. The van der Waals surface area contributed by atoms with E-state index >= 15 is 0 Å². The van der Waals surface area contributed by atoms with Gasteiger partial charge in [-0.2, -0.15) is 0 Å². The fourth-order valence-corrected chi connectivity index (χ4v) is 2.30. The highest BCUT2D eigenvalue weighted by Gasteiger charge is 2.17. The molecular formula is C15H29NO. The molecule has 0 radical (unpaired) electrons. The summed E-state index contributed by atoms with van der Waals surface area (Å²) in [4.78, 5) is 0. The molecule has 0 bridgehead atoms. The Bertz CT molecular complexity index is 213. The minimum Gasteiger partial charge on any atom is -0.496 e. The van der Waals surface area contributed by atoms with Crippen LogP contribution in [0.1, 0.15) is 65.2 Å². The molecule has 0 spiro atoms. The lowest BCUT2D eigenvalue weighted by Crippen LogP contribution is -2.31. The van der Waals surface area contributed by atoms with Gasteiger partial charge in [0.15, 0.2) is 0 Å². The zero-order valence-corrected chi connectivity index (χ0v) is 11.6. The summed E-state index contributed by atoms with van der Waals surface area (Å²) in [6, 6.07) is 0.471. The maximum absolute atomic E-state index is 5.69. The van der Waals surface area contributed by atoms with Crippen molar-refractivity contribution in [2.75, 3.05) is 13.2 Å². The Hall–Kier alpha value is -0.500. The van der Waals surface area contributed by atoms with Crippen LogP contribution in [0.4, 0.5) is 0 Å². The highest BCUT2D eigenvalue weighted by molar-refractivity contribution is 5.06. The fraction of sp³-hybridized carbons (Fsp3) is 0.867. The molecule has 1 aliphatic rings. The van der Waals surface area contributed by atoms with Crippen LogP contribution in [0.15, 0.2) is 11.8 Å². The molecular weight excluding hydrogens is 210 g/mol. The first-order valence-corrected chi connectivity index (χ1v) is 7.44. The second-order valence-electron chi connectivity index (χ2n) is 4.95. The minimum absolute atomic E-state index is 0.471.